The largest absolute Gasteiger partial charge is 0.481 e. The van der Waals surface area contributed by atoms with Crippen molar-refractivity contribution in [3.05, 3.63) is 54.0 Å². The predicted octanol–water partition coefficient (Wildman–Crippen LogP) is 3.23. The van der Waals surface area contributed by atoms with Crippen LogP contribution >= 0.6 is 0 Å². The van der Waals surface area contributed by atoms with E-state index in [-0.39, 0.29) is 12.3 Å². The second kappa shape index (κ2) is 10.2. The quantitative estimate of drug-likeness (QED) is 0.648. The van der Waals surface area contributed by atoms with Gasteiger partial charge in [-0.15, -0.1) is 0 Å². The summed E-state index contributed by atoms with van der Waals surface area (Å²) in [7, 11) is 1.55. The van der Waals surface area contributed by atoms with E-state index in [0.717, 1.165) is 6.42 Å². The van der Waals surface area contributed by atoms with Crippen molar-refractivity contribution in [2.24, 2.45) is 5.92 Å². The van der Waals surface area contributed by atoms with Gasteiger partial charge in [0, 0.05) is 25.9 Å². The summed E-state index contributed by atoms with van der Waals surface area (Å²) in [6.07, 6.45) is 3.12. The van der Waals surface area contributed by atoms with E-state index < -0.39 is 29.5 Å². The van der Waals surface area contributed by atoms with Gasteiger partial charge in [-0.3, -0.25) is 14.5 Å². The number of nitrogens with zero attached hydrogens (tertiary/aromatic N) is 3. The topological polar surface area (TPSA) is 136 Å². The summed E-state index contributed by atoms with van der Waals surface area (Å²) in [6.45, 7) is 1.19. The van der Waals surface area contributed by atoms with Crippen molar-refractivity contribution in [1.82, 2.24) is 9.80 Å². The number of aliphatic carboxylic acids is 1. The Kier molecular flexibility index (Phi) is 7.07. The van der Waals surface area contributed by atoms with Crippen LogP contribution in [0.15, 0.2) is 47.1 Å². The first-order valence-electron chi connectivity index (χ1n) is 11.6. The highest BCUT2D eigenvalue weighted by atomic mass is 16.5. The predicted molar refractivity (Wildman–Crippen MR) is 124 cm³/mol. The molecule has 2 aliphatic heterocycles. The summed E-state index contributed by atoms with van der Waals surface area (Å²) in [5.41, 5.74) is -0.624. The first kappa shape index (κ1) is 24.3. The highest BCUT2D eigenvalue weighted by Gasteiger charge is 2.62. The van der Waals surface area contributed by atoms with Crippen molar-refractivity contribution in [3.8, 4) is 6.07 Å². The Morgan fingerprint density at radius 1 is 1.31 bits per heavy atom. The summed E-state index contributed by atoms with van der Waals surface area (Å²) in [5.74, 6) is -2.12. The molecule has 2 fully saturated rings. The lowest BCUT2D eigenvalue weighted by Gasteiger charge is -2.40. The first-order chi connectivity index (χ1) is 16.9. The number of methoxy groups -OCH3 is 1. The molecule has 3 heterocycles. The number of carbonyl (C=O) groups is 3. The molecular formula is C25H28N4O6. The molecule has 1 aromatic carbocycles. The lowest BCUT2D eigenvalue weighted by atomic mass is 9.86. The monoisotopic (exact) mass is 480 g/mol. The smallest absolute Gasteiger partial charge is 0.323 e. The van der Waals surface area contributed by atoms with E-state index in [4.69, 9.17) is 9.15 Å². The summed E-state index contributed by atoms with van der Waals surface area (Å²) in [4.78, 5) is 43.3. The van der Waals surface area contributed by atoms with Gasteiger partial charge in [0.25, 0.3) is 0 Å². The molecular weight excluding hydrogens is 452 g/mol. The van der Waals surface area contributed by atoms with Crippen LogP contribution in [0.1, 0.15) is 43.0 Å². The van der Waals surface area contributed by atoms with E-state index in [2.05, 4.69) is 5.32 Å². The van der Waals surface area contributed by atoms with Gasteiger partial charge in [0.1, 0.15) is 17.3 Å². The average molecular weight is 481 g/mol. The van der Waals surface area contributed by atoms with Crippen LogP contribution in [0.2, 0.25) is 0 Å². The SMILES string of the molecule is COCCN1CCCC[C@]2(C[C@H](C(=O)O)[C@H](c3ccco3)N2C(=O)Nc2cccc(C#N)c2)C1=O. The Morgan fingerprint density at radius 2 is 2.14 bits per heavy atom. The number of ether oxygens (including phenoxy) is 1. The van der Waals surface area contributed by atoms with Crippen molar-refractivity contribution in [2.45, 2.75) is 37.3 Å². The number of carboxylic acid groups (broad SMARTS) is 1. The fraction of sp³-hybridized carbons (Fsp3) is 0.440. The van der Waals surface area contributed by atoms with Crippen molar-refractivity contribution < 1.29 is 28.6 Å². The number of hydrogen-bond acceptors (Lipinski definition) is 6. The molecule has 1 spiro atoms. The van der Waals surface area contributed by atoms with Crippen molar-refractivity contribution in [3.63, 3.8) is 0 Å². The van der Waals surface area contributed by atoms with Gasteiger partial charge in [-0.25, -0.2) is 4.79 Å². The average Bonchev–Trinajstić information content (AvgIpc) is 3.46. The fourth-order valence-corrected chi connectivity index (χ4v) is 5.25. The van der Waals surface area contributed by atoms with E-state index in [9.17, 15) is 24.8 Å². The van der Waals surface area contributed by atoms with Gasteiger partial charge in [-0.2, -0.15) is 5.26 Å². The van der Waals surface area contributed by atoms with Crippen LogP contribution in [0.25, 0.3) is 0 Å². The third kappa shape index (κ3) is 4.59. The Labute approximate surface area is 203 Å². The van der Waals surface area contributed by atoms with Gasteiger partial charge in [0.05, 0.1) is 30.4 Å². The standard InChI is InChI=1S/C25H28N4O6/c1-34-13-11-28-10-3-2-9-25(23(28)32)15-19(22(30)31)21(20-8-5-12-35-20)29(25)24(33)27-18-7-4-6-17(14-18)16-26/h4-8,12,14,19,21H,2-3,9-11,13,15H2,1H3,(H,27,33)(H,30,31)/t19-,21+,25-/m0/s1. The van der Waals surface area contributed by atoms with Crippen LogP contribution in [-0.2, 0) is 14.3 Å². The summed E-state index contributed by atoms with van der Waals surface area (Å²) in [5, 5.41) is 22.1. The normalized spacial score (nSPS) is 24.3. The van der Waals surface area contributed by atoms with E-state index in [1.165, 1.54) is 17.2 Å². The minimum atomic E-state index is -1.36. The van der Waals surface area contributed by atoms with Crippen LogP contribution in [0.5, 0.6) is 0 Å². The van der Waals surface area contributed by atoms with Gasteiger partial charge >= 0.3 is 12.0 Å². The van der Waals surface area contributed by atoms with E-state index in [1.807, 2.05) is 6.07 Å². The molecule has 184 valence electrons. The zero-order valence-corrected chi connectivity index (χ0v) is 19.5. The van der Waals surface area contributed by atoms with E-state index >= 15 is 0 Å². The number of carboxylic acids is 1. The molecule has 3 amide bonds. The Balaban J connectivity index is 1.80. The van der Waals surface area contributed by atoms with Crippen LogP contribution in [0, 0.1) is 17.2 Å². The van der Waals surface area contributed by atoms with Gasteiger partial charge in [-0.05, 0) is 56.0 Å². The number of hydrogen-bond donors (Lipinski definition) is 2. The molecule has 2 aromatic rings. The highest BCUT2D eigenvalue weighted by Crippen LogP contribution is 2.51. The summed E-state index contributed by atoms with van der Waals surface area (Å²) >= 11 is 0. The number of anilines is 1. The molecule has 2 N–H and O–H groups in total. The van der Waals surface area contributed by atoms with Crippen LogP contribution < -0.4 is 5.32 Å². The highest BCUT2D eigenvalue weighted by molar-refractivity contribution is 5.98. The molecule has 10 heteroatoms. The Morgan fingerprint density at radius 3 is 2.83 bits per heavy atom. The molecule has 3 atom stereocenters. The third-order valence-electron chi connectivity index (χ3n) is 6.81. The first-order valence-corrected chi connectivity index (χ1v) is 11.6. The van der Waals surface area contributed by atoms with E-state index in [1.54, 1.807) is 42.3 Å². The lowest BCUT2D eigenvalue weighted by molar-refractivity contribution is -0.142. The van der Waals surface area contributed by atoms with Crippen molar-refractivity contribution >= 4 is 23.6 Å². The number of amides is 3. The lowest BCUT2D eigenvalue weighted by Crippen LogP contribution is -2.59. The summed E-state index contributed by atoms with van der Waals surface area (Å²) < 4.78 is 10.8. The van der Waals surface area contributed by atoms with Crippen LogP contribution in [0.4, 0.5) is 10.5 Å². The van der Waals surface area contributed by atoms with E-state index in [0.29, 0.717) is 49.5 Å². The maximum absolute atomic E-state index is 14.0. The van der Waals surface area contributed by atoms with Crippen molar-refractivity contribution in [1.29, 1.82) is 5.26 Å². The minimum Gasteiger partial charge on any atom is -0.481 e. The number of carbonyl (C=O) groups excluding carboxylic acids is 2. The number of furan rings is 1. The third-order valence-corrected chi connectivity index (χ3v) is 6.81. The fourth-order valence-electron chi connectivity index (χ4n) is 5.25. The molecule has 2 aliphatic rings. The zero-order chi connectivity index (χ0) is 25.0. The number of urea groups is 1. The molecule has 4 rings (SSSR count). The van der Waals surface area contributed by atoms with Crippen LogP contribution in [0.3, 0.4) is 0 Å². The molecule has 0 unspecified atom stereocenters. The number of nitriles is 1. The van der Waals surface area contributed by atoms with Crippen LogP contribution in [-0.4, -0.2) is 65.2 Å². The summed E-state index contributed by atoms with van der Waals surface area (Å²) in [6, 6.07) is 10.1. The molecule has 0 saturated carbocycles. The Hall–Kier alpha value is -3.84. The second-order valence-corrected chi connectivity index (χ2v) is 8.88. The Bertz CT molecular complexity index is 1130. The maximum atomic E-state index is 14.0. The van der Waals surface area contributed by atoms with Gasteiger partial charge in [0.15, 0.2) is 0 Å². The minimum absolute atomic E-state index is 0.0261. The zero-order valence-electron chi connectivity index (χ0n) is 19.5. The van der Waals surface area contributed by atoms with Crippen molar-refractivity contribution in [2.75, 3.05) is 32.1 Å². The number of benzene rings is 1. The molecule has 0 aliphatic carbocycles. The molecule has 1 aromatic heterocycles. The molecule has 35 heavy (non-hydrogen) atoms. The van der Waals surface area contributed by atoms with Gasteiger partial charge in [0.2, 0.25) is 5.91 Å². The van der Waals surface area contributed by atoms with Gasteiger partial charge in [-0.1, -0.05) is 6.07 Å². The van der Waals surface area contributed by atoms with Gasteiger partial charge < -0.3 is 24.5 Å². The molecule has 2 saturated heterocycles. The molecule has 0 radical (unpaired) electrons. The molecule has 10 nitrogen and oxygen atoms in total. The number of likely N-dealkylation sites (tertiary alicyclic amines) is 2. The molecule has 0 bridgehead atoms. The number of rotatable bonds is 6. The number of nitrogens with one attached hydrogen (secondary N) is 1. The second-order valence-electron chi connectivity index (χ2n) is 8.88. The maximum Gasteiger partial charge on any atom is 0.323 e.